The van der Waals surface area contributed by atoms with Crippen molar-refractivity contribution in [3.63, 3.8) is 0 Å². The first-order valence-electron chi connectivity index (χ1n) is 5.22. The molecular weight excluding hydrogens is 302 g/mol. The lowest BCUT2D eigenvalue weighted by atomic mass is 10.3. The van der Waals surface area contributed by atoms with Gasteiger partial charge in [-0.25, -0.2) is 9.48 Å². The van der Waals surface area contributed by atoms with Crippen molar-refractivity contribution in [2.45, 2.75) is 19.5 Å². The Bertz CT molecular complexity index is 513. The Morgan fingerprint density at radius 1 is 1.78 bits per heavy atom. The fraction of sp³-hybridized carbons (Fsp3) is 0.364. The zero-order valence-electron chi connectivity index (χ0n) is 10.1. The summed E-state index contributed by atoms with van der Waals surface area (Å²) in [6.07, 6.45) is 3.04. The summed E-state index contributed by atoms with van der Waals surface area (Å²) in [4.78, 5) is 23.1. The predicted octanol–water partition coefficient (Wildman–Crippen LogP) is 1.17. The topological polar surface area (TPSA) is 73.2 Å². The van der Waals surface area contributed by atoms with Crippen molar-refractivity contribution < 1.29 is 9.53 Å². The van der Waals surface area contributed by atoms with Gasteiger partial charge in [-0.15, -0.1) is 6.58 Å². The van der Waals surface area contributed by atoms with Crippen LogP contribution in [0.2, 0.25) is 0 Å². The number of carbonyl (C=O) groups is 1. The van der Waals surface area contributed by atoms with E-state index in [4.69, 9.17) is 0 Å². The van der Waals surface area contributed by atoms with Crippen molar-refractivity contribution in [2.24, 2.45) is 0 Å². The number of allylic oxidation sites excluding steroid dienone is 1. The van der Waals surface area contributed by atoms with Crippen molar-refractivity contribution in [1.29, 1.82) is 0 Å². The molecule has 0 aliphatic carbocycles. The Morgan fingerprint density at radius 3 is 3.00 bits per heavy atom. The number of nitrogens with one attached hydrogen (secondary N) is 1. The molecule has 0 saturated carbocycles. The molecule has 1 N–H and O–H groups in total. The van der Waals surface area contributed by atoms with Crippen LogP contribution >= 0.6 is 15.9 Å². The van der Waals surface area contributed by atoms with Crippen LogP contribution < -0.4 is 10.9 Å². The lowest BCUT2D eigenvalue weighted by molar-refractivity contribution is -0.141. The minimum absolute atomic E-state index is 0.294. The molecule has 0 fully saturated rings. The number of anilines is 1. The fourth-order valence-corrected chi connectivity index (χ4v) is 1.71. The normalized spacial score (nSPS) is 11.7. The third-order valence-corrected chi connectivity index (χ3v) is 2.98. The summed E-state index contributed by atoms with van der Waals surface area (Å²) < 4.78 is 6.15. The first-order chi connectivity index (χ1) is 8.51. The first kappa shape index (κ1) is 14.4. The molecule has 18 heavy (non-hydrogen) atoms. The Labute approximate surface area is 113 Å². The number of rotatable bonds is 5. The molecule has 0 spiro atoms. The Balaban J connectivity index is 2.99. The van der Waals surface area contributed by atoms with E-state index in [1.165, 1.54) is 18.0 Å². The number of hydrogen-bond donors (Lipinski definition) is 1. The van der Waals surface area contributed by atoms with Crippen LogP contribution in [0.4, 0.5) is 5.69 Å². The third-order valence-electron chi connectivity index (χ3n) is 2.21. The maximum Gasteiger partial charge on any atom is 0.327 e. The van der Waals surface area contributed by atoms with Gasteiger partial charge in [0.25, 0.3) is 5.56 Å². The highest BCUT2D eigenvalue weighted by atomic mass is 79.9. The number of aromatic nitrogens is 2. The van der Waals surface area contributed by atoms with Crippen molar-refractivity contribution in [3.05, 3.63) is 33.7 Å². The maximum atomic E-state index is 11.9. The second-order valence-corrected chi connectivity index (χ2v) is 4.33. The van der Waals surface area contributed by atoms with E-state index in [2.05, 4.69) is 37.7 Å². The second-order valence-electron chi connectivity index (χ2n) is 3.54. The van der Waals surface area contributed by atoms with Crippen LogP contribution in [0.1, 0.15) is 6.92 Å². The highest BCUT2D eigenvalue weighted by Gasteiger charge is 2.16. The van der Waals surface area contributed by atoms with E-state index in [1.807, 2.05) is 0 Å². The monoisotopic (exact) mass is 315 g/mol. The van der Waals surface area contributed by atoms with E-state index >= 15 is 0 Å². The van der Waals surface area contributed by atoms with Crippen LogP contribution in [-0.4, -0.2) is 28.9 Å². The lowest BCUT2D eigenvalue weighted by Gasteiger charge is -2.14. The predicted molar refractivity (Wildman–Crippen MR) is 71.5 cm³/mol. The lowest BCUT2D eigenvalue weighted by Crippen LogP contribution is -2.30. The van der Waals surface area contributed by atoms with Crippen LogP contribution in [0.15, 0.2) is 28.1 Å². The second kappa shape index (κ2) is 6.34. The van der Waals surface area contributed by atoms with Gasteiger partial charge in [-0.05, 0) is 22.9 Å². The average molecular weight is 316 g/mol. The van der Waals surface area contributed by atoms with Crippen molar-refractivity contribution in [1.82, 2.24) is 9.78 Å². The molecule has 7 heteroatoms. The number of hydrogen-bond acceptors (Lipinski definition) is 5. The molecule has 1 aromatic rings. The molecule has 1 rings (SSSR count). The molecule has 0 aromatic carbocycles. The van der Waals surface area contributed by atoms with Crippen LogP contribution in [0.3, 0.4) is 0 Å². The molecular formula is C11H14BrN3O3. The Hall–Kier alpha value is -1.63. The van der Waals surface area contributed by atoms with Crippen LogP contribution in [0.5, 0.6) is 0 Å². The van der Waals surface area contributed by atoms with E-state index in [-0.39, 0.29) is 5.56 Å². The molecule has 0 radical (unpaired) electrons. The summed E-state index contributed by atoms with van der Waals surface area (Å²) in [6, 6.07) is -0.567. The molecule has 6 nitrogen and oxygen atoms in total. The molecule has 1 heterocycles. The van der Waals surface area contributed by atoms with Gasteiger partial charge in [0.1, 0.15) is 10.5 Å². The van der Waals surface area contributed by atoms with E-state index in [0.717, 1.165) is 0 Å². The van der Waals surface area contributed by atoms with E-state index in [9.17, 15) is 9.59 Å². The van der Waals surface area contributed by atoms with Gasteiger partial charge in [0, 0.05) is 0 Å². The molecule has 1 atom stereocenters. The summed E-state index contributed by atoms with van der Waals surface area (Å²) >= 11 is 3.18. The summed E-state index contributed by atoms with van der Waals surface area (Å²) in [5.41, 5.74) is 0.148. The van der Waals surface area contributed by atoms with Crippen molar-refractivity contribution >= 4 is 27.6 Å². The molecule has 0 bridgehead atoms. The maximum absolute atomic E-state index is 11.9. The molecule has 1 unspecified atom stereocenters. The van der Waals surface area contributed by atoms with Crippen molar-refractivity contribution in [2.75, 3.05) is 12.4 Å². The molecule has 98 valence electrons. The standard InChI is InChI=1S/C11H14BrN3O3/c1-4-5-15-10(16)9(12)8(6-13-15)14-7(2)11(17)18-3/h4,6-7,14H,1,5H2,2-3H3. The van der Waals surface area contributed by atoms with E-state index in [1.54, 1.807) is 13.0 Å². The van der Waals surface area contributed by atoms with Gasteiger partial charge >= 0.3 is 5.97 Å². The number of ether oxygens (including phenoxy) is 1. The number of esters is 1. The van der Waals surface area contributed by atoms with Gasteiger partial charge < -0.3 is 10.1 Å². The van der Waals surface area contributed by atoms with E-state index < -0.39 is 12.0 Å². The third kappa shape index (κ3) is 3.19. The zero-order valence-corrected chi connectivity index (χ0v) is 11.7. The smallest absolute Gasteiger partial charge is 0.327 e. The Morgan fingerprint density at radius 2 is 2.44 bits per heavy atom. The molecule has 0 saturated heterocycles. The van der Waals surface area contributed by atoms with Gasteiger partial charge in [0.2, 0.25) is 0 Å². The highest BCUT2D eigenvalue weighted by molar-refractivity contribution is 9.10. The van der Waals surface area contributed by atoms with Gasteiger partial charge in [-0.1, -0.05) is 6.08 Å². The van der Waals surface area contributed by atoms with E-state index in [0.29, 0.717) is 16.7 Å². The zero-order chi connectivity index (χ0) is 13.7. The molecule has 1 aromatic heterocycles. The summed E-state index contributed by atoms with van der Waals surface area (Å²) in [5, 5.41) is 6.80. The quantitative estimate of drug-likeness (QED) is 0.652. The number of halogens is 1. The van der Waals surface area contributed by atoms with Gasteiger partial charge in [0.15, 0.2) is 0 Å². The van der Waals surface area contributed by atoms with Gasteiger partial charge in [-0.3, -0.25) is 4.79 Å². The number of carbonyl (C=O) groups excluding carboxylic acids is 1. The van der Waals surface area contributed by atoms with Crippen LogP contribution in [0.25, 0.3) is 0 Å². The van der Waals surface area contributed by atoms with Crippen molar-refractivity contribution in [3.8, 4) is 0 Å². The summed E-state index contributed by atoms with van der Waals surface area (Å²) in [5.74, 6) is -0.419. The van der Waals surface area contributed by atoms with Gasteiger partial charge in [0.05, 0.1) is 25.5 Å². The SMILES string of the molecule is C=CCn1ncc(NC(C)C(=O)OC)c(Br)c1=O. The minimum Gasteiger partial charge on any atom is -0.467 e. The first-order valence-corrected chi connectivity index (χ1v) is 6.01. The highest BCUT2D eigenvalue weighted by Crippen LogP contribution is 2.17. The molecule has 0 aliphatic rings. The minimum atomic E-state index is -0.567. The largest absolute Gasteiger partial charge is 0.467 e. The average Bonchev–Trinajstić information content (AvgIpc) is 2.37. The number of methoxy groups -OCH3 is 1. The van der Waals surface area contributed by atoms with Crippen LogP contribution in [-0.2, 0) is 16.1 Å². The Kier molecular flexibility index (Phi) is 5.08. The van der Waals surface area contributed by atoms with Crippen LogP contribution in [0, 0.1) is 0 Å². The summed E-state index contributed by atoms with van der Waals surface area (Å²) in [7, 11) is 1.30. The van der Waals surface area contributed by atoms with Gasteiger partial charge in [-0.2, -0.15) is 5.10 Å². The molecule has 0 amide bonds. The fourth-order valence-electron chi connectivity index (χ4n) is 1.29. The molecule has 0 aliphatic heterocycles. The summed E-state index contributed by atoms with van der Waals surface area (Å²) in [6.45, 7) is 5.50. The number of nitrogens with zero attached hydrogens (tertiary/aromatic N) is 2.